The zero-order valence-electron chi connectivity index (χ0n) is 10.5. The third-order valence-corrected chi connectivity index (χ3v) is 3.23. The molecule has 1 rings (SSSR count). The molecule has 0 aliphatic rings. The van der Waals surface area contributed by atoms with E-state index in [1.807, 2.05) is 30.5 Å². The molecule has 1 aromatic rings. The molecular formula is C13H19NO2S. The number of methoxy groups -OCH3 is 1. The Hall–Kier alpha value is -1.00. The molecule has 4 heteroatoms. The molecule has 0 amide bonds. The molecule has 0 bridgehead atoms. The Morgan fingerprint density at radius 3 is 2.53 bits per heavy atom. The predicted octanol–water partition coefficient (Wildman–Crippen LogP) is 2.62. The van der Waals surface area contributed by atoms with Gasteiger partial charge in [0.05, 0.1) is 7.11 Å². The van der Waals surface area contributed by atoms with Crippen molar-refractivity contribution in [3.8, 4) is 0 Å². The Kier molecular flexibility index (Phi) is 6.08. The minimum absolute atomic E-state index is 0.240. The number of benzene rings is 1. The highest BCUT2D eigenvalue weighted by molar-refractivity contribution is 7.98. The second-order valence-corrected chi connectivity index (χ2v) is 4.56. The van der Waals surface area contributed by atoms with Crippen LogP contribution >= 0.6 is 11.8 Å². The molecule has 0 saturated heterocycles. The van der Waals surface area contributed by atoms with Crippen LogP contribution in [0.25, 0.3) is 0 Å². The van der Waals surface area contributed by atoms with Crippen LogP contribution in [0.1, 0.15) is 24.9 Å². The van der Waals surface area contributed by atoms with E-state index in [4.69, 9.17) is 4.74 Å². The number of thioether (sulfide) groups is 1. The molecule has 0 radical (unpaired) electrons. The molecule has 1 aromatic carbocycles. The van der Waals surface area contributed by atoms with Crippen LogP contribution in [0, 0.1) is 0 Å². The number of rotatable bonds is 6. The first-order chi connectivity index (χ1) is 8.22. The maximum atomic E-state index is 11.7. The first-order valence-electron chi connectivity index (χ1n) is 5.68. The number of nitrogens with one attached hydrogen (secondary N) is 1. The van der Waals surface area contributed by atoms with Gasteiger partial charge in [-0.2, -0.15) is 0 Å². The minimum Gasteiger partial charge on any atom is -0.468 e. The van der Waals surface area contributed by atoms with E-state index in [9.17, 15) is 4.79 Å². The van der Waals surface area contributed by atoms with Crippen LogP contribution in [0.4, 0.5) is 0 Å². The van der Waals surface area contributed by atoms with Gasteiger partial charge in [-0.05, 0) is 36.9 Å². The number of esters is 1. The molecule has 0 saturated carbocycles. The summed E-state index contributed by atoms with van der Waals surface area (Å²) < 4.78 is 4.81. The van der Waals surface area contributed by atoms with Crippen molar-refractivity contribution < 1.29 is 9.53 Å². The van der Waals surface area contributed by atoms with Crippen molar-refractivity contribution in [3.05, 3.63) is 29.8 Å². The van der Waals surface area contributed by atoms with E-state index in [-0.39, 0.29) is 12.0 Å². The van der Waals surface area contributed by atoms with Gasteiger partial charge in [0, 0.05) is 4.90 Å². The van der Waals surface area contributed by atoms with Crippen LogP contribution in [0.3, 0.4) is 0 Å². The molecule has 0 spiro atoms. The van der Waals surface area contributed by atoms with E-state index in [1.54, 1.807) is 11.8 Å². The van der Waals surface area contributed by atoms with Crippen molar-refractivity contribution in [2.75, 3.05) is 19.9 Å². The molecule has 0 aromatic heterocycles. The van der Waals surface area contributed by atoms with Crippen molar-refractivity contribution in [1.29, 1.82) is 0 Å². The van der Waals surface area contributed by atoms with Crippen molar-refractivity contribution in [3.63, 3.8) is 0 Å². The number of carbonyl (C=O) groups is 1. The van der Waals surface area contributed by atoms with Gasteiger partial charge in [-0.25, -0.2) is 4.79 Å². The third-order valence-electron chi connectivity index (χ3n) is 2.48. The van der Waals surface area contributed by atoms with Crippen molar-refractivity contribution >= 4 is 17.7 Å². The topological polar surface area (TPSA) is 38.3 Å². The summed E-state index contributed by atoms with van der Waals surface area (Å²) in [5, 5.41) is 3.19. The number of hydrogen-bond donors (Lipinski definition) is 1. The number of carbonyl (C=O) groups excluding carboxylic acids is 1. The fourth-order valence-electron chi connectivity index (χ4n) is 1.54. The largest absolute Gasteiger partial charge is 0.468 e. The molecule has 0 aliphatic heterocycles. The van der Waals surface area contributed by atoms with Crippen LogP contribution in [-0.2, 0) is 9.53 Å². The molecule has 0 aliphatic carbocycles. The Bertz CT molecular complexity index is 351. The van der Waals surface area contributed by atoms with E-state index >= 15 is 0 Å². The Labute approximate surface area is 107 Å². The summed E-state index contributed by atoms with van der Waals surface area (Å²) >= 11 is 1.68. The average Bonchev–Trinajstić information content (AvgIpc) is 2.39. The highest BCUT2D eigenvalue weighted by Gasteiger charge is 2.19. The molecule has 94 valence electrons. The second-order valence-electron chi connectivity index (χ2n) is 3.68. The van der Waals surface area contributed by atoms with Gasteiger partial charge >= 0.3 is 5.97 Å². The highest BCUT2D eigenvalue weighted by Crippen LogP contribution is 2.20. The summed E-state index contributed by atoms with van der Waals surface area (Å²) in [5.41, 5.74) is 0.947. The molecular weight excluding hydrogens is 234 g/mol. The monoisotopic (exact) mass is 253 g/mol. The van der Waals surface area contributed by atoms with Crippen LogP contribution in [-0.4, -0.2) is 25.9 Å². The van der Waals surface area contributed by atoms with Crippen molar-refractivity contribution in [2.45, 2.75) is 24.3 Å². The summed E-state index contributed by atoms with van der Waals surface area (Å²) in [4.78, 5) is 12.9. The number of ether oxygens (including phenoxy) is 1. The van der Waals surface area contributed by atoms with Crippen LogP contribution in [0.5, 0.6) is 0 Å². The summed E-state index contributed by atoms with van der Waals surface area (Å²) in [7, 11) is 1.42. The van der Waals surface area contributed by atoms with Gasteiger partial charge in [0.1, 0.15) is 6.04 Å². The maximum Gasteiger partial charge on any atom is 0.327 e. The van der Waals surface area contributed by atoms with Gasteiger partial charge in [0.15, 0.2) is 0 Å². The van der Waals surface area contributed by atoms with E-state index in [1.165, 1.54) is 12.0 Å². The minimum atomic E-state index is -0.365. The SMILES string of the molecule is CCCNC(C(=O)OC)c1ccc(SC)cc1. The lowest BCUT2D eigenvalue weighted by molar-refractivity contribution is -0.143. The van der Waals surface area contributed by atoms with E-state index < -0.39 is 0 Å². The lowest BCUT2D eigenvalue weighted by Crippen LogP contribution is -2.30. The fraction of sp³-hybridized carbons (Fsp3) is 0.462. The van der Waals surface area contributed by atoms with Crippen molar-refractivity contribution in [1.82, 2.24) is 5.32 Å². The smallest absolute Gasteiger partial charge is 0.327 e. The molecule has 3 nitrogen and oxygen atoms in total. The molecule has 0 heterocycles. The summed E-state index contributed by atoms with van der Waals surface area (Å²) in [6.07, 6.45) is 3.01. The first-order valence-corrected chi connectivity index (χ1v) is 6.90. The van der Waals surface area contributed by atoms with E-state index in [0.29, 0.717) is 0 Å². The van der Waals surface area contributed by atoms with Gasteiger partial charge in [0.25, 0.3) is 0 Å². The Morgan fingerprint density at radius 2 is 2.06 bits per heavy atom. The van der Waals surface area contributed by atoms with Crippen LogP contribution in [0.2, 0.25) is 0 Å². The zero-order valence-corrected chi connectivity index (χ0v) is 11.3. The molecule has 0 fully saturated rings. The van der Waals surface area contributed by atoms with E-state index in [0.717, 1.165) is 18.5 Å². The normalized spacial score (nSPS) is 12.2. The molecule has 1 atom stereocenters. The van der Waals surface area contributed by atoms with Crippen molar-refractivity contribution in [2.24, 2.45) is 0 Å². The quantitative estimate of drug-likeness (QED) is 0.625. The second kappa shape index (κ2) is 7.35. The van der Waals surface area contributed by atoms with Gasteiger partial charge in [-0.3, -0.25) is 0 Å². The Morgan fingerprint density at radius 1 is 1.41 bits per heavy atom. The van der Waals surface area contributed by atoms with Gasteiger partial charge in [-0.1, -0.05) is 19.1 Å². The Balaban J connectivity index is 2.83. The van der Waals surface area contributed by atoms with Gasteiger partial charge < -0.3 is 10.1 Å². The number of hydrogen-bond acceptors (Lipinski definition) is 4. The highest BCUT2D eigenvalue weighted by atomic mass is 32.2. The third kappa shape index (κ3) is 4.06. The molecule has 1 unspecified atom stereocenters. The van der Waals surface area contributed by atoms with Crippen LogP contribution < -0.4 is 5.32 Å². The van der Waals surface area contributed by atoms with Crippen LogP contribution in [0.15, 0.2) is 29.2 Å². The summed E-state index contributed by atoms with van der Waals surface area (Å²) in [6.45, 7) is 2.86. The predicted molar refractivity (Wildman–Crippen MR) is 71.3 cm³/mol. The average molecular weight is 253 g/mol. The summed E-state index contributed by atoms with van der Waals surface area (Å²) in [5.74, 6) is -0.240. The maximum absolute atomic E-state index is 11.7. The lowest BCUT2D eigenvalue weighted by Gasteiger charge is -2.16. The summed E-state index contributed by atoms with van der Waals surface area (Å²) in [6, 6.07) is 7.61. The molecule has 1 N–H and O–H groups in total. The van der Waals surface area contributed by atoms with E-state index in [2.05, 4.69) is 12.2 Å². The lowest BCUT2D eigenvalue weighted by atomic mass is 10.1. The molecule has 17 heavy (non-hydrogen) atoms. The first kappa shape index (κ1) is 14.1. The van der Waals surface area contributed by atoms with Gasteiger partial charge in [-0.15, -0.1) is 11.8 Å². The zero-order chi connectivity index (χ0) is 12.7. The van der Waals surface area contributed by atoms with Gasteiger partial charge in [0.2, 0.25) is 0 Å². The standard InChI is InChI=1S/C13H19NO2S/c1-4-9-14-12(13(15)16-2)10-5-7-11(17-3)8-6-10/h5-8,12,14H,4,9H2,1-3H3. The fourth-order valence-corrected chi connectivity index (χ4v) is 1.95.